The van der Waals surface area contributed by atoms with Gasteiger partial charge in [0, 0.05) is 44.5 Å². The first-order valence-electron chi connectivity index (χ1n) is 11.4. The average Bonchev–Trinajstić information content (AvgIpc) is 3.27. The Bertz CT molecular complexity index is 1090. The topological polar surface area (TPSA) is 44.6 Å². The molecule has 0 bridgehead atoms. The number of carbonyl (C=O) groups is 1. The fourth-order valence-corrected chi connectivity index (χ4v) is 5.07. The van der Waals surface area contributed by atoms with Crippen molar-refractivity contribution in [3.05, 3.63) is 48.5 Å². The van der Waals surface area contributed by atoms with E-state index in [2.05, 4.69) is 75.8 Å². The maximum absolute atomic E-state index is 13.0. The number of rotatable bonds is 3. The molecule has 2 aliphatic rings. The van der Waals surface area contributed by atoms with Crippen molar-refractivity contribution in [3.8, 4) is 11.4 Å². The largest absolute Gasteiger partial charge is 0.370 e. The highest BCUT2D eigenvalue weighted by atomic mass is 16.2. The molecule has 0 saturated carbocycles. The van der Waals surface area contributed by atoms with E-state index in [1.165, 1.54) is 5.69 Å². The highest BCUT2D eigenvalue weighted by Gasteiger charge is 2.32. The summed E-state index contributed by atoms with van der Waals surface area (Å²) in [5.41, 5.74) is 4.49. The number of hydrogen-bond donors (Lipinski definition) is 0. The second-order valence-electron chi connectivity index (χ2n) is 8.84. The van der Waals surface area contributed by atoms with Crippen LogP contribution in [0.2, 0.25) is 0 Å². The van der Waals surface area contributed by atoms with E-state index in [0.717, 1.165) is 74.4 Å². The van der Waals surface area contributed by atoms with Crippen molar-refractivity contribution in [2.24, 2.45) is 7.05 Å². The third kappa shape index (κ3) is 3.81. The van der Waals surface area contributed by atoms with Gasteiger partial charge in [0.2, 0.25) is 5.91 Å². The zero-order valence-electron chi connectivity index (χ0n) is 18.5. The number of benzene rings is 2. The first-order valence-corrected chi connectivity index (χ1v) is 11.4. The smallest absolute Gasteiger partial charge is 0.239 e. The summed E-state index contributed by atoms with van der Waals surface area (Å²) in [4.78, 5) is 24.6. The molecule has 3 aromatic rings. The molecular weight excluding hydrogens is 386 g/mol. The van der Waals surface area contributed by atoms with Crippen molar-refractivity contribution in [3.63, 3.8) is 0 Å². The van der Waals surface area contributed by atoms with Crippen LogP contribution in [0.25, 0.3) is 22.4 Å². The second kappa shape index (κ2) is 8.35. The number of carbonyl (C=O) groups excluding carboxylic acids is 1. The van der Waals surface area contributed by atoms with Crippen LogP contribution in [0, 0.1) is 0 Å². The number of nitrogens with zero attached hydrogens (tertiary/aromatic N) is 5. The molecule has 2 saturated heterocycles. The van der Waals surface area contributed by atoms with E-state index in [-0.39, 0.29) is 6.04 Å². The number of imidazole rings is 1. The number of anilines is 1. The summed E-state index contributed by atoms with van der Waals surface area (Å²) >= 11 is 0. The van der Waals surface area contributed by atoms with Gasteiger partial charge < -0.3 is 14.4 Å². The van der Waals surface area contributed by atoms with Crippen LogP contribution in [-0.4, -0.2) is 71.1 Å². The molecule has 162 valence electrons. The number of hydrogen-bond acceptors (Lipinski definition) is 4. The molecule has 2 fully saturated rings. The normalized spacial score (nSPS) is 20.4. The number of aromatic nitrogens is 2. The van der Waals surface area contributed by atoms with Crippen LogP contribution >= 0.6 is 0 Å². The van der Waals surface area contributed by atoms with Crippen LogP contribution in [0.15, 0.2) is 48.5 Å². The van der Waals surface area contributed by atoms with Crippen molar-refractivity contribution in [1.82, 2.24) is 19.4 Å². The van der Waals surface area contributed by atoms with Crippen molar-refractivity contribution in [2.45, 2.75) is 25.3 Å². The minimum absolute atomic E-state index is 0.0763. The summed E-state index contributed by atoms with van der Waals surface area (Å²) in [5, 5.41) is 0. The van der Waals surface area contributed by atoms with E-state index in [1.54, 1.807) is 0 Å². The molecule has 6 nitrogen and oxygen atoms in total. The predicted octanol–water partition coefficient (Wildman–Crippen LogP) is 3.37. The van der Waals surface area contributed by atoms with E-state index < -0.39 is 0 Å². The number of amides is 1. The van der Waals surface area contributed by atoms with Gasteiger partial charge in [-0.15, -0.1) is 0 Å². The maximum Gasteiger partial charge on any atom is 0.239 e. The lowest BCUT2D eigenvalue weighted by Gasteiger charge is -2.28. The quantitative estimate of drug-likeness (QED) is 0.655. The van der Waals surface area contributed by atoms with Gasteiger partial charge in [-0.1, -0.05) is 24.3 Å². The Morgan fingerprint density at radius 1 is 0.935 bits per heavy atom. The minimum Gasteiger partial charge on any atom is -0.370 e. The number of fused-ring (bicyclic) bond motifs is 1. The van der Waals surface area contributed by atoms with Crippen LogP contribution in [0.1, 0.15) is 19.3 Å². The van der Waals surface area contributed by atoms with Crippen molar-refractivity contribution >= 4 is 22.6 Å². The first kappa shape index (κ1) is 20.1. The van der Waals surface area contributed by atoms with Gasteiger partial charge in [0.15, 0.2) is 0 Å². The Kier molecular flexibility index (Phi) is 5.40. The molecule has 0 aliphatic carbocycles. The number of likely N-dealkylation sites (N-methyl/N-ethyl adjacent to an activating group) is 1. The maximum atomic E-state index is 13.0. The lowest BCUT2D eigenvalue weighted by molar-refractivity contribution is -0.135. The standard InChI is InChI=1S/C25H31N5O/c1-27-13-6-12-23(27)25(31)30-15-7-14-29(16-17-30)20-9-5-8-19(18-20)24-26-21-10-3-4-11-22(21)28(24)2/h3-5,8-11,18,23H,6-7,12-17H2,1-2H3/t23-/m0/s1. The summed E-state index contributed by atoms with van der Waals surface area (Å²) in [6.07, 6.45) is 3.12. The van der Waals surface area contributed by atoms with E-state index in [1.807, 2.05) is 6.07 Å². The van der Waals surface area contributed by atoms with Crippen LogP contribution in [0.5, 0.6) is 0 Å². The molecule has 0 spiro atoms. The van der Waals surface area contributed by atoms with Gasteiger partial charge in [-0.25, -0.2) is 4.98 Å². The summed E-state index contributed by atoms with van der Waals surface area (Å²) in [6.45, 7) is 4.51. The van der Waals surface area contributed by atoms with E-state index in [9.17, 15) is 4.79 Å². The molecule has 2 aromatic carbocycles. The summed E-state index contributed by atoms with van der Waals surface area (Å²) < 4.78 is 2.16. The molecule has 0 radical (unpaired) electrons. The third-order valence-electron chi connectivity index (χ3n) is 6.87. The van der Waals surface area contributed by atoms with Gasteiger partial charge in [-0.3, -0.25) is 9.69 Å². The van der Waals surface area contributed by atoms with Crippen molar-refractivity contribution < 1.29 is 4.79 Å². The van der Waals surface area contributed by atoms with Crippen LogP contribution in [0.3, 0.4) is 0 Å². The highest BCUT2D eigenvalue weighted by molar-refractivity contribution is 5.82. The van der Waals surface area contributed by atoms with Gasteiger partial charge >= 0.3 is 0 Å². The Labute approximate surface area is 184 Å². The molecule has 2 aliphatic heterocycles. The number of para-hydroxylation sites is 2. The molecule has 6 heteroatoms. The third-order valence-corrected chi connectivity index (χ3v) is 6.87. The predicted molar refractivity (Wildman–Crippen MR) is 125 cm³/mol. The highest BCUT2D eigenvalue weighted by Crippen LogP contribution is 2.28. The monoisotopic (exact) mass is 417 g/mol. The van der Waals surface area contributed by atoms with Gasteiger partial charge in [0.05, 0.1) is 17.1 Å². The van der Waals surface area contributed by atoms with Crippen molar-refractivity contribution in [1.29, 1.82) is 0 Å². The lowest BCUT2D eigenvalue weighted by atomic mass is 10.1. The molecule has 5 rings (SSSR count). The number of likely N-dealkylation sites (tertiary alicyclic amines) is 1. The van der Waals surface area contributed by atoms with E-state index in [0.29, 0.717) is 5.91 Å². The minimum atomic E-state index is 0.0763. The molecule has 3 heterocycles. The Morgan fingerprint density at radius 2 is 1.81 bits per heavy atom. The van der Waals surface area contributed by atoms with E-state index >= 15 is 0 Å². The lowest BCUT2D eigenvalue weighted by Crippen LogP contribution is -2.45. The van der Waals surface area contributed by atoms with Crippen LogP contribution < -0.4 is 4.90 Å². The van der Waals surface area contributed by atoms with Gasteiger partial charge in [0.1, 0.15) is 5.82 Å². The fraction of sp³-hybridized carbons (Fsp3) is 0.440. The summed E-state index contributed by atoms with van der Waals surface area (Å²) in [6, 6.07) is 17.0. The van der Waals surface area contributed by atoms with Crippen LogP contribution in [0.4, 0.5) is 5.69 Å². The molecular formula is C25H31N5O. The molecule has 0 N–H and O–H groups in total. The molecule has 1 amide bonds. The van der Waals surface area contributed by atoms with Crippen molar-refractivity contribution in [2.75, 3.05) is 44.7 Å². The Balaban J connectivity index is 1.34. The molecule has 1 atom stereocenters. The summed E-state index contributed by atoms with van der Waals surface area (Å²) in [7, 11) is 4.15. The molecule has 31 heavy (non-hydrogen) atoms. The van der Waals surface area contributed by atoms with Gasteiger partial charge in [0.25, 0.3) is 0 Å². The molecule has 0 unspecified atom stereocenters. The first-order chi connectivity index (χ1) is 15.1. The second-order valence-corrected chi connectivity index (χ2v) is 8.84. The van der Waals surface area contributed by atoms with Crippen LogP contribution in [-0.2, 0) is 11.8 Å². The zero-order valence-corrected chi connectivity index (χ0v) is 18.5. The zero-order chi connectivity index (χ0) is 21.4. The van der Waals surface area contributed by atoms with E-state index in [4.69, 9.17) is 4.98 Å². The SMILES string of the molecule is CN1CCC[C@H]1C(=O)N1CCCN(c2cccc(-c3nc4ccccc4n3C)c2)CC1. The molecule has 1 aromatic heterocycles. The average molecular weight is 418 g/mol. The summed E-state index contributed by atoms with van der Waals surface area (Å²) in [5.74, 6) is 1.30. The van der Waals surface area contributed by atoms with Gasteiger partial charge in [-0.2, -0.15) is 0 Å². The number of aryl methyl sites for hydroxylation is 1. The fourth-order valence-electron chi connectivity index (χ4n) is 5.07. The Hall–Kier alpha value is -2.86. The Morgan fingerprint density at radius 3 is 2.61 bits per heavy atom. The van der Waals surface area contributed by atoms with Gasteiger partial charge in [-0.05, 0) is 57.1 Å².